The highest BCUT2D eigenvalue weighted by molar-refractivity contribution is 7.92. The van der Waals surface area contributed by atoms with E-state index in [2.05, 4.69) is 9.82 Å². The molecular formula is C21H26N4O4S3. The van der Waals surface area contributed by atoms with Crippen molar-refractivity contribution in [2.24, 2.45) is 0 Å². The molecule has 0 aliphatic carbocycles. The van der Waals surface area contributed by atoms with Gasteiger partial charge < -0.3 is 0 Å². The van der Waals surface area contributed by atoms with E-state index < -0.39 is 20.0 Å². The van der Waals surface area contributed by atoms with Crippen LogP contribution in [0.2, 0.25) is 0 Å². The maximum atomic E-state index is 13.0. The van der Waals surface area contributed by atoms with Crippen LogP contribution in [0.25, 0.3) is 0 Å². The molecule has 0 saturated carbocycles. The first-order chi connectivity index (χ1) is 15.2. The molecule has 172 valence electrons. The third-order valence-corrected chi connectivity index (χ3v) is 9.74. The van der Waals surface area contributed by atoms with E-state index in [1.165, 1.54) is 16.4 Å². The predicted octanol–water partition coefficient (Wildman–Crippen LogP) is 3.06. The highest BCUT2D eigenvalue weighted by Gasteiger charge is 2.27. The highest BCUT2D eigenvalue weighted by atomic mass is 32.2. The Hall–Kier alpha value is -2.21. The van der Waals surface area contributed by atoms with Gasteiger partial charge in [-0.15, -0.1) is 11.3 Å². The van der Waals surface area contributed by atoms with Crippen LogP contribution in [0.4, 0.5) is 5.69 Å². The Kier molecular flexibility index (Phi) is 6.44. The quantitative estimate of drug-likeness (QED) is 0.544. The van der Waals surface area contributed by atoms with E-state index in [1.54, 1.807) is 23.5 Å². The van der Waals surface area contributed by atoms with Gasteiger partial charge in [0.2, 0.25) is 20.0 Å². The first kappa shape index (κ1) is 23.0. The highest BCUT2D eigenvalue weighted by Crippen LogP contribution is 2.27. The van der Waals surface area contributed by atoms with Gasteiger partial charge in [-0.05, 0) is 68.5 Å². The van der Waals surface area contributed by atoms with Gasteiger partial charge in [0.1, 0.15) is 0 Å². The Morgan fingerprint density at radius 2 is 1.91 bits per heavy atom. The maximum Gasteiger partial charge on any atom is 0.240 e. The molecule has 8 nitrogen and oxygen atoms in total. The van der Waals surface area contributed by atoms with Crippen LogP contribution >= 0.6 is 11.3 Å². The summed E-state index contributed by atoms with van der Waals surface area (Å²) < 4.78 is 56.5. The second-order valence-electron chi connectivity index (χ2n) is 7.84. The molecule has 1 aliphatic heterocycles. The van der Waals surface area contributed by atoms with Gasteiger partial charge in [0, 0.05) is 23.7 Å². The maximum absolute atomic E-state index is 13.0. The van der Waals surface area contributed by atoms with E-state index in [-0.39, 0.29) is 23.2 Å². The zero-order valence-electron chi connectivity index (χ0n) is 17.9. The van der Waals surface area contributed by atoms with Crippen LogP contribution in [-0.2, 0) is 20.0 Å². The Balaban J connectivity index is 1.54. The molecule has 3 heterocycles. The predicted molar refractivity (Wildman–Crippen MR) is 126 cm³/mol. The van der Waals surface area contributed by atoms with Gasteiger partial charge in [-0.3, -0.25) is 8.99 Å². The molecule has 1 atom stereocenters. The molecule has 1 aromatic carbocycles. The number of nitrogens with zero attached hydrogens (tertiary/aromatic N) is 3. The molecule has 0 spiro atoms. The summed E-state index contributed by atoms with van der Waals surface area (Å²) in [5, 5.41) is 6.50. The average Bonchev–Trinajstić information content (AvgIpc) is 3.38. The van der Waals surface area contributed by atoms with Gasteiger partial charge in [-0.2, -0.15) is 5.10 Å². The lowest BCUT2D eigenvalue weighted by atomic mass is 10.2. The number of thiophene rings is 1. The fraction of sp³-hybridized carbons (Fsp3) is 0.381. The first-order valence-corrected chi connectivity index (χ1v) is 14.3. The van der Waals surface area contributed by atoms with Crippen LogP contribution in [0, 0.1) is 13.8 Å². The van der Waals surface area contributed by atoms with Gasteiger partial charge in [0.15, 0.2) is 0 Å². The first-order valence-electron chi connectivity index (χ1n) is 10.3. The Morgan fingerprint density at radius 3 is 2.50 bits per heavy atom. The van der Waals surface area contributed by atoms with Crippen molar-refractivity contribution in [3.8, 4) is 0 Å². The zero-order chi connectivity index (χ0) is 22.9. The van der Waals surface area contributed by atoms with E-state index in [4.69, 9.17) is 0 Å². The van der Waals surface area contributed by atoms with Crippen molar-refractivity contribution < 1.29 is 16.8 Å². The molecule has 0 radical (unpaired) electrons. The molecule has 2 aromatic heterocycles. The third-order valence-electron chi connectivity index (χ3n) is 5.46. The number of sulfonamides is 2. The topological polar surface area (TPSA) is 101 Å². The van der Waals surface area contributed by atoms with E-state index in [0.717, 1.165) is 22.7 Å². The number of aromatic nitrogens is 2. The minimum absolute atomic E-state index is 0.0916. The zero-order valence-corrected chi connectivity index (χ0v) is 20.4. The lowest BCUT2D eigenvalue weighted by Gasteiger charge is -2.28. The van der Waals surface area contributed by atoms with Crippen molar-refractivity contribution in [1.82, 2.24) is 14.5 Å². The smallest absolute Gasteiger partial charge is 0.240 e. The van der Waals surface area contributed by atoms with E-state index in [9.17, 15) is 16.8 Å². The number of rotatable bonds is 7. The molecule has 1 aliphatic rings. The van der Waals surface area contributed by atoms with Crippen molar-refractivity contribution in [2.75, 3.05) is 23.1 Å². The number of benzene rings is 1. The minimum Gasteiger partial charge on any atom is -0.270 e. The number of nitrogens with one attached hydrogen (secondary N) is 1. The summed E-state index contributed by atoms with van der Waals surface area (Å²) in [6, 6.07) is 11.6. The van der Waals surface area contributed by atoms with Crippen molar-refractivity contribution >= 4 is 37.1 Å². The molecule has 32 heavy (non-hydrogen) atoms. The molecule has 0 amide bonds. The van der Waals surface area contributed by atoms with Crippen LogP contribution in [0.5, 0.6) is 0 Å². The second kappa shape index (κ2) is 8.97. The number of hydrogen-bond acceptors (Lipinski definition) is 6. The molecule has 3 aromatic rings. The standard InChI is InChI=1S/C21H26N4O4S3/c1-16-14-17(2)25(23-16)20(21-6-5-12-30-21)15-22-32(28,29)19-9-7-18(8-10-19)24-11-3-4-13-31(24,26)27/h5-10,12,14,20,22H,3-4,11,13,15H2,1-2H3. The molecule has 1 N–H and O–H groups in total. The second-order valence-corrected chi connectivity index (χ2v) is 12.6. The summed E-state index contributed by atoms with van der Waals surface area (Å²) in [6.07, 6.45) is 1.44. The Morgan fingerprint density at radius 1 is 1.16 bits per heavy atom. The lowest BCUT2D eigenvalue weighted by molar-refractivity contribution is 0.499. The van der Waals surface area contributed by atoms with Crippen LogP contribution in [0.15, 0.2) is 52.7 Å². The van der Waals surface area contributed by atoms with Gasteiger partial charge in [0.05, 0.1) is 28.1 Å². The van der Waals surface area contributed by atoms with Crippen molar-refractivity contribution in [3.05, 3.63) is 64.1 Å². The van der Waals surface area contributed by atoms with E-state index in [1.807, 2.05) is 42.1 Å². The van der Waals surface area contributed by atoms with Crippen LogP contribution < -0.4 is 9.03 Å². The summed E-state index contributed by atoms with van der Waals surface area (Å²) in [6.45, 7) is 4.41. The minimum atomic E-state index is -3.79. The number of anilines is 1. The monoisotopic (exact) mass is 494 g/mol. The van der Waals surface area contributed by atoms with Crippen molar-refractivity contribution in [3.63, 3.8) is 0 Å². The molecule has 1 fully saturated rings. The molecule has 1 unspecified atom stereocenters. The number of hydrogen-bond donors (Lipinski definition) is 1. The van der Waals surface area contributed by atoms with Crippen molar-refractivity contribution in [1.29, 1.82) is 0 Å². The summed E-state index contributed by atoms with van der Waals surface area (Å²) in [4.78, 5) is 1.10. The fourth-order valence-electron chi connectivity index (χ4n) is 3.89. The van der Waals surface area contributed by atoms with Gasteiger partial charge in [-0.1, -0.05) is 6.07 Å². The summed E-state index contributed by atoms with van der Waals surface area (Å²) in [7, 11) is -7.14. The SMILES string of the molecule is Cc1cc(C)n(C(CNS(=O)(=O)c2ccc(N3CCCCS3(=O)=O)cc2)c2cccs2)n1. The molecule has 11 heteroatoms. The fourth-order valence-corrected chi connectivity index (χ4v) is 7.38. The average molecular weight is 495 g/mol. The molecule has 0 bridgehead atoms. The largest absolute Gasteiger partial charge is 0.270 e. The number of aryl methyl sites for hydroxylation is 2. The normalized spacial score (nSPS) is 17.4. The third kappa shape index (κ3) is 4.75. The van der Waals surface area contributed by atoms with Gasteiger partial charge in [-0.25, -0.2) is 21.6 Å². The van der Waals surface area contributed by atoms with Gasteiger partial charge in [0.25, 0.3) is 0 Å². The van der Waals surface area contributed by atoms with Crippen LogP contribution in [0.3, 0.4) is 0 Å². The van der Waals surface area contributed by atoms with Gasteiger partial charge >= 0.3 is 0 Å². The Bertz CT molecular complexity index is 1280. The summed E-state index contributed by atoms with van der Waals surface area (Å²) >= 11 is 1.55. The van der Waals surface area contributed by atoms with E-state index >= 15 is 0 Å². The van der Waals surface area contributed by atoms with Crippen LogP contribution in [-0.4, -0.2) is 45.5 Å². The lowest BCUT2D eigenvalue weighted by Crippen LogP contribution is -2.37. The summed E-state index contributed by atoms with van der Waals surface area (Å²) in [5.41, 5.74) is 2.31. The van der Waals surface area contributed by atoms with Crippen molar-refractivity contribution in [2.45, 2.75) is 37.6 Å². The molecule has 4 rings (SSSR count). The molecular weight excluding hydrogens is 468 g/mol. The summed E-state index contributed by atoms with van der Waals surface area (Å²) in [5.74, 6) is 0.116. The van der Waals surface area contributed by atoms with Crippen LogP contribution in [0.1, 0.15) is 35.1 Å². The Labute approximate surface area is 193 Å². The van der Waals surface area contributed by atoms with E-state index in [0.29, 0.717) is 18.7 Å². The molecule has 1 saturated heterocycles.